The smallest absolute Gasteiger partial charge is 0.242 e. The van der Waals surface area contributed by atoms with Crippen LogP contribution >= 0.6 is 11.3 Å². The molecule has 10 nitrogen and oxygen atoms in total. The van der Waals surface area contributed by atoms with Crippen LogP contribution in [0.2, 0.25) is 0 Å². The molecule has 158 valence electrons. The van der Waals surface area contributed by atoms with Crippen molar-refractivity contribution >= 4 is 35.0 Å². The molecule has 0 aliphatic carbocycles. The number of imide groups is 1. The van der Waals surface area contributed by atoms with Gasteiger partial charge in [0.1, 0.15) is 6.54 Å². The van der Waals surface area contributed by atoms with E-state index in [0.717, 1.165) is 10.5 Å². The Hall–Kier alpha value is -3.08. The molecule has 4 heterocycles. The number of carbonyl (C=O) groups excluding carboxylic acids is 4. The third kappa shape index (κ3) is 4.40. The summed E-state index contributed by atoms with van der Waals surface area (Å²) in [5.41, 5.74) is 0.888. The molecule has 0 atom stereocenters. The zero-order valence-corrected chi connectivity index (χ0v) is 17.1. The lowest BCUT2D eigenvalue weighted by Gasteiger charge is -2.35. The highest BCUT2D eigenvalue weighted by Gasteiger charge is 2.33. The molecule has 2 saturated heterocycles. The maximum Gasteiger partial charge on any atom is 0.242 e. The molecule has 0 N–H and O–H groups in total. The van der Waals surface area contributed by atoms with E-state index in [-0.39, 0.29) is 49.4 Å². The lowest BCUT2D eigenvalue weighted by Crippen LogP contribution is -2.53. The molecule has 2 aliphatic heterocycles. The second kappa shape index (κ2) is 8.74. The quantitative estimate of drug-likeness (QED) is 0.613. The number of likely N-dealkylation sites (tertiary alicyclic amines) is 1. The Morgan fingerprint density at radius 3 is 2.33 bits per heavy atom. The predicted molar refractivity (Wildman–Crippen MR) is 105 cm³/mol. The van der Waals surface area contributed by atoms with E-state index in [1.165, 1.54) is 0 Å². The van der Waals surface area contributed by atoms with E-state index in [2.05, 4.69) is 10.1 Å². The molecule has 0 spiro atoms. The first-order valence-corrected chi connectivity index (χ1v) is 10.7. The molecule has 0 saturated carbocycles. The van der Waals surface area contributed by atoms with E-state index < -0.39 is 0 Å². The van der Waals surface area contributed by atoms with E-state index in [9.17, 15) is 19.2 Å². The minimum atomic E-state index is -0.301. The van der Waals surface area contributed by atoms with Crippen molar-refractivity contribution in [2.75, 3.05) is 32.7 Å². The van der Waals surface area contributed by atoms with Crippen molar-refractivity contribution in [3.8, 4) is 11.4 Å². The van der Waals surface area contributed by atoms with Gasteiger partial charge in [0.25, 0.3) is 0 Å². The van der Waals surface area contributed by atoms with Crippen LogP contribution < -0.4 is 0 Å². The molecule has 2 aromatic rings. The SMILES string of the molecule is O=C(CCc1nc(-c2ccsc2)no1)N1CCN(C(=O)CN2C(=O)CCC2=O)CC1. The van der Waals surface area contributed by atoms with Crippen LogP contribution in [-0.4, -0.2) is 81.2 Å². The Labute approximate surface area is 176 Å². The summed E-state index contributed by atoms with van der Waals surface area (Å²) >= 11 is 1.55. The summed E-state index contributed by atoms with van der Waals surface area (Å²) in [4.78, 5) is 56.8. The van der Waals surface area contributed by atoms with Crippen molar-refractivity contribution in [3.05, 3.63) is 22.7 Å². The standard InChI is InChI=1S/C19H21N5O5S/c25-15(2-1-14-20-19(21-29-14)13-5-10-30-12-13)22-6-8-23(9-7-22)18(28)11-24-16(26)3-4-17(24)27/h5,10,12H,1-4,6-9,11H2. The first kappa shape index (κ1) is 20.2. The minimum absolute atomic E-state index is 0.0396. The fourth-order valence-corrected chi connectivity index (χ4v) is 4.11. The van der Waals surface area contributed by atoms with E-state index >= 15 is 0 Å². The van der Waals surface area contributed by atoms with Crippen molar-refractivity contribution in [3.63, 3.8) is 0 Å². The van der Waals surface area contributed by atoms with Crippen molar-refractivity contribution < 1.29 is 23.7 Å². The van der Waals surface area contributed by atoms with Crippen LogP contribution in [0.3, 0.4) is 0 Å². The van der Waals surface area contributed by atoms with Gasteiger partial charge in [0.2, 0.25) is 35.3 Å². The van der Waals surface area contributed by atoms with Crippen LogP contribution in [0.5, 0.6) is 0 Å². The van der Waals surface area contributed by atoms with Gasteiger partial charge < -0.3 is 14.3 Å². The summed E-state index contributed by atoms with van der Waals surface area (Å²) in [6.45, 7) is 1.37. The normalized spacial score (nSPS) is 17.1. The number of hydrogen-bond acceptors (Lipinski definition) is 8. The molecule has 0 bridgehead atoms. The average molecular weight is 431 g/mol. The van der Waals surface area contributed by atoms with Crippen molar-refractivity contribution in [2.24, 2.45) is 0 Å². The molecule has 2 aliphatic rings. The molecule has 0 unspecified atom stereocenters. The number of hydrogen-bond donors (Lipinski definition) is 0. The highest BCUT2D eigenvalue weighted by Crippen LogP contribution is 2.19. The molecule has 30 heavy (non-hydrogen) atoms. The van der Waals surface area contributed by atoms with Crippen LogP contribution in [0, 0.1) is 0 Å². The first-order valence-electron chi connectivity index (χ1n) is 9.75. The van der Waals surface area contributed by atoms with Crippen LogP contribution in [0.4, 0.5) is 0 Å². The summed E-state index contributed by atoms with van der Waals surface area (Å²) < 4.78 is 5.22. The minimum Gasteiger partial charge on any atom is -0.339 e. The van der Waals surface area contributed by atoms with Crippen molar-refractivity contribution in [1.82, 2.24) is 24.8 Å². The number of piperazine rings is 1. The van der Waals surface area contributed by atoms with E-state index in [1.54, 1.807) is 21.1 Å². The van der Waals surface area contributed by atoms with Gasteiger partial charge in [-0.05, 0) is 11.4 Å². The van der Waals surface area contributed by atoms with Gasteiger partial charge in [-0.2, -0.15) is 16.3 Å². The highest BCUT2D eigenvalue weighted by molar-refractivity contribution is 7.08. The number of rotatable bonds is 6. The summed E-state index contributed by atoms with van der Waals surface area (Å²) in [6.07, 6.45) is 0.941. The number of carbonyl (C=O) groups is 4. The second-order valence-electron chi connectivity index (χ2n) is 7.16. The lowest BCUT2D eigenvalue weighted by molar-refractivity contribution is -0.147. The Balaban J connectivity index is 1.22. The number of amides is 4. The van der Waals surface area contributed by atoms with Crippen LogP contribution in [0.25, 0.3) is 11.4 Å². The Morgan fingerprint density at radius 1 is 1.03 bits per heavy atom. The second-order valence-corrected chi connectivity index (χ2v) is 7.94. The van der Waals surface area contributed by atoms with E-state index in [4.69, 9.17) is 4.52 Å². The molecule has 2 aromatic heterocycles. The maximum absolute atomic E-state index is 12.5. The topological polar surface area (TPSA) is 117 Å². The number of nitrogens with zero attached hydrogens (tertiary/aromatic N) is 5. The lowest BCUT2D eigenvalue weighted by atomic mass is 10.2. The van der Waals surface area contributed by atoms with Gasteiger partial charge in [-0.25, -0.2) is 0 Å². The molecule has 11 heteroatoms. The zero-order chi connectivity index (χ0) is 21.1. The van der Waals surface area contributed by atoms with E-state index in [1.807, 2.05) is 16.8 Å². The highest BCUT2D eigenvalue weighted by atomic mass is 32.1. The Kier molecular flexibility index (Phi) is 5.88. The number of aryl methyl sites for hydroxylation is 1. The summed E-state index contributed by atoms with van der Waals surface area (Å²) in [7, 11) is 0. The summed E-state index contributed by atoms with van der Waals surface area (Å²) in [5.74, 6) is 0.0228. The largest absolute Gasteiger partial charge is 0.339 e. The average Bonchev–Trinajstić information content (AvgIpc) is 3.50. The molecule has 2 fully saturated rings. The Morgan fingerprint density at radius 2 is 1.70 bits per heavy atom. The van der Waals surface area contributed by atoms with Gasteiger partial charge in [0.15, 0.2) is 0 Å². The summed E-state index contributed by atoms with van der Waals surface area (Å²) in [5, 5.41) is 7.79. The molecule has 0 radical (unpaired) electrons. The maximum atomic E-state index is 12.5. The van der Waals surface area contributed by atoms with Gasteiger partial charge in [-0.15, -0.1) is 0 Å². The molecule has 0 aromatic carbocycles. The van der Waals surface area contributed by atoms with Crippen LogP contribution in [0.1, 0.15) is 25.2 Å². The zero-order valence-electron chi connectivity index (χ0n) is 16.3. The third-order valence-corrected chi connectivity index (χ3v) is 5.92. The van der Waals surface area contributed by atoms with Gasteiger partial charge in [0, 0.05) is 62.8 Å². The van der Waals surface area contributed by atoms with Crippen molar-refractivity contribution in [1.29, 1.82) is 0 Å². The van der Waals surface area contributed by atoms with Crippen LogP contribution in [-0.2, 0) is 25.6 Å². The fraction of sp³-hybridized carbons (Fsp3) is 0.474. The van der Waals surface area contributed by atoms with Gasteiger partial charge in [-0.3, -0.25) is 24.1 Å². The molecule has 4 rings (SSSR count). The fourth-order valence-electron chi connectivity index (χ4n) is 3.48. The van der Waals surface area contributed by atoms with Gasteiger partial charge in [-0.1, -0.05) is 5.16 Å². The van der Waals surface area contributed by atoms with E-state index in [0.29, 0.717) is 44.3 Å². The summed E-state index contributed by atoms with van der Waals surface area (Å²) in [6, 6.07) is 1.90. The predicted octanol–water partition coefficient (Wildman–Crippen LogP) is 0.550. The van der Waals surface area contributed by atoms with Crippen LogP contribution in [0.15, 0.2) is 21.3 Å². The number of aromatic nitrogens is 2. The molecular weight excluding hydrogens is 410 g/mol. The molecule has 4 amide bonds. The van der Waals surface area contributed by atoms with Crippen molar-refractivity contribution in [2.45, 2.75) is 25.7 Å². The third-order valence-electron chi connectivity index (χ3n) is 5.23. The first-order chi connectivity index (χ1) is 14.5. The van der Waals surface area contributed by atoms with Gasteiger partial charge in [0.05, 0.1) is 0 Å². The monoisotopic (exact) mass is 431 g/mol. The van der Waals surface area contributed by atoms with Gasteiger partial charge >= 0.3 is 0 Å². The number of thiophene rings is 1. The Bertz CT molecular complexity index is 932. The molecular formula is C19H21N5O5S.